The molecule has 0 spiro atoms. The van der Waals surface area contributed by atoms with Gasteiger partial charge in [-0.1, -0.05) is 59.6 Å². The number of benzene rings is 4. The summed E-state index contributed by atoms with van der Waals surface area (Å²) in [6.07, 6.45) is 0. The number of halogens is 2. The van der Waals surface area contributed by atoms with Crippen molar-refractivity contribution in [1.29, 1.82) is 0 Å². The molecule has 0 bridgehead atoms. The molecule has 134 valence electrons. The van der Waals surface area contributed by atoms with Gasteiger partial charge in [0.05, 0.1) is 22.8 Å². The van der Waals surface area contributed by atoms with Crippen LogP contribution in [-0.4, -0.2) is 4.57 Å². The predicted molar refractivity (Wildman–Crippen MR) is 114 cm³/mol. The maximum Gasteiger partial charge on any atom is 0.194 e. The van der Waals surface area contributed by atoms with Crippen LogP contribution in [-0.2, 0) is 6.54 Å². The Morgan fingerprint density at radius 3 is 2.54 bits per heavy atom. The second kappa shape index (κ2) is 5.57. The van der Waals surface area contributed by atoms with E-state index in [1.165, 1.54) is 0 Å². The molecule has 0 radical (unpaired) electrons. The number of hydrogen-bond acceptors (Lipinski definition) is 2. The lowest BCUT2D eigenvalue weighted by Crippen LogP contribution is -2.26. The van der Waals surface area contributed by atoms with Crippen molar-refractivity contribution in [3.8, 4) is 11.1 Å². The summed E-state index contributed by atoms with van der Waals surface area (Å²) >= 11 is 12.6. The Morgan fingerprint density at radius 2 is 1.68 bits per heavy atom. The molecule has 0 atom stereocenters. The van der Waals surface area contributed by atoms with Crippen LogP contribution in [0.25, 0.3) is 32.8 Å². The summed E-state index contributed by atoms with van der Waals surface area (Å²) in [5, 5.41) is 3.55. The van der Waals surface area contributed by atoms with Gasteiger partial charge in [-0.2, -0.15) is 0 Å². The van der Waals surface area contributed by atoms with Crippen molar-refractivity contribution in [1.82, 2.24) is 4.57 Å². The van der Waals surface area contributed by atoms with Gasteiger partial charge in [-0.15, -0.1) is 0 Å². The van der Waals surface area contributed by atoms with E-state index >= 15 is 0 Å². The van der Waals surface area contributed by atoms with Crippen LogP contribution in [0.3, 0.4) is 0 Å². The van der Waals surface area contributed by atoms with Crippen LogP contribution in [0.5, 0.6) is 0 Å². The fourth-order valence-corrected chi connectivity index (χ4v) is 4.90. The lowest BCUT2D eigenvalue weighted by Gasteiger charge is -2.23. The first-order valence-electron chi connectivity index (χ1n) is 8.95. The third-order valence-electron chi connectivity index (χ3n) is 5.52. The minimum absolute atomic E-state index is 0.0634. The van der Waals surface area contributed by atoms with Crippen LogP contribution < -0.4 is 10.9 Å². The van der Waals surface area contributed by atoms with E-state index in [9.17, 15) is 4.79 Å². The molecule has 0 saturated carbocycles. The number of pyridine rings is 1. The van der Waals surface area contributed by atoms with E-state index in [0.717, 1.165) is 49.5 Å². The smallest absolute Gasteiger partial charge is 0.194 e. The average molecular weight is 403 g/mol. The maximum atomic E-state index is 13.1. The van der Waals surface area contributed by atoms with Crippen LogP contribution >= 0.6 is 23.2 Å². The molecule has 2 heterocycles. The van der Waals surface area contributed by atoms with Crippen molar-refractivity contribution >= 4 is 50.6 Å². The van der Waals surface area contributed by atoms with Crippen LogP contribution in [0.2, 0.25) is 10.0 Å². The Morgan fingerprint density at radius 1 is 0.893 bits per heavy atom. The highest BCUT2D eigenvalue weighted by Gasteiger charge is 2.22. The molecule has 3 aromatic rings. The van der Waals surface area contributed by atoms with Crippen LogP contribution in [0.15, 0.2) is 70.5 Å². The summed E-state index contributed by atoms with van der Waals surface area (Å²) in [6.45, 7) is 0.602. The Hall–Kier alpha value is -2.88. The first-order valence-corrected chi connectivity index (χ1v) is 9.71. The van der Waals surface area contributed by atoms with Gasteiger partial charge in [0.15, 0.2) is 5.43 Å². The van der Waals surface area contributed by atoms with E-state index in [1.54, 1.807) is 6.07 Å². The van der Waals surface area contributed by atoms with E-state index in [2.05, 4.69) is 10.6 Å². The number of aromatic nitrogens is 1. The predicted octanol–water partition coefficient (Wildman–Crippen LogP) is 5.60. The lowest BCUT2D eigenvalue weighted by atomic mass is 9.91. The quantitative estimate of drug-likeness (QED) is 0.240. The van der Waals surface area contributed by atoms with Gasteiger partial charge >= 0.3 is 0 Å². The van der Waals surface area contributed by atoms with Gasteiger partial charge in [0, 0.05) is 26.9 Å². The number of hydrogen-bond donors (Lipinski definition) is 0. The molecule has 0 amide bonds. The minimum Gasteiger partial charge on any atom is -0.321 e. The number of fused-ring (bicyclic) bond motifs is 5. The Balaban J connectivity index is 1.86. The first-order chi connectivity index (χ1) is 13.6. The molecule has 28 heavy (non-hydrogen) atoms. The molecule has 5 heteroatoms. The van der Waals surface area contributed by atoms with E-state index in [-0.39, 0.29) is 5.43 Å². The second-order valence-electron chi connectivity index (χ2n) is 7.08. The van der Waals surface area contributed by atoms with E-state index in [4.69, 9.17) is 28.2 Å². The van der Waals surface area contributed by atoms with Gasteiger partial charge in [-0.25, -0.2) is 4.99 Å². The fraction of sp³-hybridized carbons (Fsp3) is 0.0435. The summed E-state index contributed by atoms with van der Waals surface area (Å²) in [7, 11) is 0. The van der Waals surface area contributed by atoms with Gasteiger partial charge in [0.2, 0.25) is 0 Å². The first kappa shape index (κ1) is 16.1. The normalized spacial score (nSPS) is 12.9. The topological polar surface area (TPSA) is 34.4 Å². The summed E-state index contributed by atoms with van der Waals surface area (Å²) in [5.74, 6) is 0. The van der Waals surface area contributed by atoms with Crippen molar-refractivity contribution in [2.45, 2.75) is 6.54 Å². The lowest BCUT2D eigenvalue weighted by molar-refractivity contribution is 0.753. The minimum atomic E-state index is 0.0634. The Labute approximate surface area is 169 Å². The average Bonchev–Trinajstić information content (AvgIpc) is 2.70. The van der Waals surface area contributed by atoms with E-state index in [1.807, 2.05) is 48.5 Å². The van der Waals surface area contributed by atoms with Gasteiger partial charge in [-0.3, -0.25) is 4.79 Å². The number of nitrogens with zero attached hydrogens (tertiary/aromatic N) is 2. The van der Waals surface area contributed by atoms with Gasteiger partial charge in [-0.05, 0) is 35.2 Å². The highest BCUT2D eigenvalue weighted by molar-refractivity contribution is 6.36. The third kappa shape index (κ3) is 2.06. The molecular formula is C23H12Cl2N2O. The molecule has 3 nitrogen and oxygen atoms in total. The van der Waals surface area contributed by atoms with Crippen molar-refractivity contribution in [3.63, 3.8) is 0 Å². The summed E-state index contributed by atoms with van der Waals surface area (Å²) in [6, 6.07) is 19.3. The largest absolute Gasteiger partial charge is 0.321 e. The second-order valence-corrected chi connectivity index (χ2v) is 7.93. The van der Waals surface area contributed by atoms with Crippen molar-refractivity contribution < 1.29 is 0 Å². The third-order valence-corrected chi connectivity index (χ3v) is 6.03. The zero-order valence-corrected chi connectivity index (χ0v) is 16.1. The molecule has 0 aromatic heterocycles. The molecular weight excluding hydrogens is 391 g/mol. The highest BCUT2D eigenvalue weighted by atomic mass is 35.5. The van der Waals surface area contributed by atoms with Crippen LogP contribution in [0, 0.1) is 0 Å². The summed E-state index contributed by atoms with van der Waals surface area (Å²) < 4.78 is 2.12. The Bertz CT molecular complexity index is 1530. The van der Waals surface area contributed by atoms with E-state index < -0.39 is 0 Å². The molecule has 0 N–H and O–H groups in total. The zero-order valence-electron chi connectivity index (χ0n) is 14.5. The van der Waals surface area contributed by atoms with Crippen LogP contribution in [0.1, 0.15) is 5.56 Å². The fourth-order valence-electron chi connectivity index (χ4n) is 4.32. The summed E-state index contributed by atoms with van der Waals surface area (Å²) in [5.41, 5.74) is 5.60. The highest BCUT2D eigenvalue weighted by Crippen LogP contribution is 2.38. The molecule has 2 aliphatic heterocycles. The van der Waals surface area contributed by atoms with Gasteiger partial charge < -0.3 is 4.57 Å². The molecule has 0 fully saturated rings. The molecule has 1 aliphatic carbocycles. The SMILES string of the molecule is O=c1c2cccc3c2-c(cc2n3Cc3cc(Cl)cc(Cl)c3N=2)c2ccccc12. The van der Waals surface area contributed by atoms with Crippen molar-refractivity contribution in [2.75, 3.05) is 0 Å². The summed E-state index contributed by atoms with van der Waals surface area (Å²) in [4.78, 5) is 17.9. The zero-order chi connectivity index (χ0) is 19.0. The van der Waals surface area contributed by atoms with Crippen LogP contribution in [0.4, 0.5) is 5.69 Å². The Kier molecular flexibility index (Phi) is 3.20. The van der Waals surface area contributed by atoms with Gasteiger partial charge in [0.1, 0.15) is 5.49 Å². The standard InChI is InChI=1S/C23H12Cl2N2O/c24-13-8-12-11-27-19-7-3-6-16-21(19)17(10-20(27)26-22(12)18(25)9-13)14-4-1-2-5-15(14)23(16)28/h1-10H,11H2. The maximum absolute atomic E-state index is 13.1. The molecule has 6 rings (SSSR count). The molecule has 0 unspecified atom stereocenters. The van der Waals surface area contributed by atoms with Crippen molar-refractivity contribution in [3.05, 3.63) is 92.0 Å². The number of rotatable bonds is 0. The molecule has 3 aromatic carbocycles. The van der Waals surface area contributed by atoms with Gasteiger partial charge in [0.25, 0.3) is 0 Å². The molecule has 0 saturated heterocycles. The van der Waals surface area contributed by atoms with E-state index in [0.29, 0.717) is 16.6 Å². The monoisotopic (exact) mass is 402 g/mol. The molecule has 3 aliphatic rings. The van der Waals surface area contributed by atoms with Crippen molar-refractivity contribution in [2.24, 2.45) is 4.99 Å².